The molecule has 5 heteroatoms. The second-order valence-corrected chi connectivity index (χ2v) is 10.8. The Balaban J connectivity index is 0.000000187. The molecule has 0 radical (unpaired) electrons. The van der Waals surface area contributed by atoms with Crippen molar-refractivity contribution in [3.05, 3.63) is 141 Å². The smallest absolute Gasteiger partial charge is 0.335 e. The van der Waals surface area contributed by atoms with E-state index in [4.69, 9.17) is 28.3 Å². The van der Waals surface area contributed by atoms with E-state index in [2.05, 4.69) is 42.5 Å². The van der Waals surface area contributed by atoms with E-state index in [1.807, 2.05) is 54.6 Å². The van der Waals surface area contributed by atoms with E-state index in [9.17, 15) is 9.59 Å². The lowest BCUT2D eigenvalue weighted by Gasteiger charge is -2.27. The predicted octanol–water partition coefficient (Wildman–Crippen LogP) is 9.95. The molecule has 0 spiro atoms. The molecule has 1 N–H and O–H groups in total. The first-order valence-electron chi connectivity index (χ1n) is 13.1. The molecule has 6 aromatic rings. The third-order valence-corrected chi connectivity index (χ3v) is 8.36. The fraction of sp³-hybridized carbons (Fsp3) is 0.0857. The summed E-state index contributed by atoms with van der Waals surface area (Å²) in [7, 11) is 0. The number of carboxylic acids is 1. The van der Waals surface area contributed by atoms with E-state index in [0.29, 0.717) is 22.0 Å². The highest BCUT2D eigenvalue weighted by molar-refractivity contribution is 6.42. The molecule has 0 amide bonds. The number of rotatable bonds is 2. The summed E-state index contributed by atoms with van der Waals surface area (Å²) < 4.78 is 0. The summed E-state index contributed by atoms with van der Waals surface area (Å²) in [5.41, 5.74) is 3.39. The van der Waals surface area contributed by atoms with Crippen LogP contribution in [-0.2, 0) is 0 Å². The van der Waals surface area contributed by atoms with Gasteiger partial charge in [0.1, 0.15) is 0 Å². The number of aromatic carboxylic acids is 1. The van der Waals surface area contributed by atoms with Gasteiger partial charge in [0.25, 0.3) is 0 Å². The minimum atomic E-state index is -0.884. The van der Waals surface area contributed by atoms with Gasteiger partial charge in [-0.15, -0.1) is 0 Å². The number of hydrogen-bond donors (Lipinski definition) is 1. The average Bonchev–Trinajstić information content (AvgIpc) is 2.98. The highest BCUT2D eigenvalue weighted by Crippen LogP contribution is 2.43. The number of halogens is 2. The molecule has 0 bridgehead atoms. The van der Waals surface area contributed by atoms with Crippen LogP contribution in [0.1, 0.15) is 50.6 Å². The van der Waals surface area contributed by atoms with E-state index < -0.39 is 5.97 Å². The van der Waals surface area contributed by atoms with Crippen molar-refractivity contribution in [3.8, 4) is 0 Å². The third kappa shape index (κ3) is 4.83. The van der Waals surface area contributed by atoms with Crippen LogP contribution in [0, 0.1) is 0 Å². The highest BCUT2D eigenvalue weighted by atomic mass is 35.5. The first-order valence-corrected chi connectivity index (χ1v) is 13.8. The van der Waals surface area contributed by atoms with Crippen molar-refractivity contribution < 1.29 is 14.7 Å². The molecule has 40 heavy (non-hydrogen) atoms. The Kier molecular flexibility index (Phi) is 7.02. The standard InChI is InChI=1S/C24H16Cl2O.C11H8O2/c25-21-11-6-15(13-22(21)26)17-10-12-23(27)20-9-8-18-16-4-2-1-3-14(16)5-7-19(18)24(17)20;12-11(13)10-6-5-8-3-1-2-4-9(8)7-10/h1-9,11,13,17H,10,12H2;1-7H,(H,12,13). The Morgan fingerprint density at radius 1 is 0.675 bits per heavy atom. The molecule has 1 aliphatic carbocycles. The van der Waals surface area contributed by atoms with E-state index in [-0.39, 0.29) is 11.7 Å². The summed E-state index contributed by atoms with van der Waals surface area (Å²) in [5, 5.41) is 16.6. The molecule has 0 aliphatic heterocycles. The molecule has 1 aliphatic rings. The second kappa shape index (κ2) is 10.8. The van der Waals surface area contributed by atoms with Gasteiger partial charge in [-0.2, -0.15) is 0 Å². The van der Waals surface area contributed by atoms with Crippen LogP contribution in [0.3, 0.4) is 0 Å². The Hall–Kier alpha value is -4.18. The van der Waals surface area contributed by atoms with Crippen LogP contribution in [0.5, 0.6) is 0 Å². The van der Waals surface area contributed by atoms with Gasteiger partial charge >= 0.3 is 5.97 Å². The quantitative estimate of drug-likeness (QED) is 0.213. The zero-order valence-corrected chi connectivity index (χ0v) is 22.9. The first-order chi connectivity index (χ1) is 19.4. The molecule has 1 atom stereocenters. The van der Waals surface area contributed by atoms with Gasteiger partial charge in [0, 0.05) is 17.9 Å². The summed E-state index contributed by atoms with van der Waals surface area (Å²) in [6, 6.07) is 35.4. The number of benzene rings is 6. The average molecular weight is 563 g/mol. The Morgan fingerprint density at radius 3 is 2.15 bits per heavy atom. The lowest BCUT2D eigenvalue weighted by Crippen LogP contribution is -2.17. The normalized spacial score (nSPS) is 14.6. The van der Waals surface area contributed by atoms with Crippen molar-refractivity contribution in [1.29, 1.82) is 0 Å². The van der Waals surface area contributed by atoms with Crippen molar-refractivity contribution in [2.24, 2.45) is 0 Å². The number of carboxylic acid groups (broad SMARTS) is 1. The summed E-state index contributed by atoms with van der Waals surface area (Å²) in [6.45, 7) is 0. The van der Waals surface area contributed by atoms with Crippen molar-refractivity contribution >= 4 is 67.3 Å². The van der Waals surface area contributed by atoms with Gasteiger partial charge < -0.3 is 5.11 Å². The Morgan fingerprint density at radius 2 is 1.38 bits per heavy atom. The fourth-order valence-corrected chi connectivity index (χ4v) is 5.98. The minimum Gasteiger partial charge on any atom is -0.478 e. The molecule has 0 heterocycles. The van der Waals surface area contributed by atoms with Crippen LogP contribution in [0.2, 0.25) is 10.0 Å². The SMILES string of the molecule is O=C(O)c1ccc2ccccc2c1.O=C1CCC(c2ccc(Cl)c(Cl)c2)c2c1ccc1c2ccc2ccccc21. The van der Waals surface area contributed by atoms with E-state index in [1.54, 1.807) is 12.1 Å². The molecule has 6 aromatic carbocycles. The van der Waals surface area contributed by atoms with Crippen molar-refractivity contribution in [2.75, 3.05) is 0 Å². The van der Waals surface area contributed by atoms with E-state index in [1.165, 1.54) is 16.2 Å². The van der Waals surface area contributed by atoms with Gasteiger partial charge in [0.15, 0.2) is 5.78 Å². The zero-order valence-electron chi connectivity index (χ0n) is 21.4. The number of fused-ring (bicyclic) bond motifs is 6. The van der Waals surface area contributed by atoms with Crippen LogP contribution >= 0.6 is 23.2 Å². The molecular formula is C35H24Cl2O3. The molecule has 0 saturated carbocycles. The maximum Gasteiger partial charge on any atom is 0.335 e. The molecule has 0 fully saturated rings. The zero-order chi connectivity index (χ0) is 27.8. The number of Topliss-reactive ketones (excluding diaryl/α,β-unsaturated/α-hetero) is 1. The molecule has 0 saturated heterocycles. The lowest BCUT2D eigenvalue weighted by molar-refractivity contribution is 0.0696. The van der Waals surface area contributed by atoms with Crippen LogP contribution in [0.4, 0.5) is 0 Å². The number of hydrogen-bond acceptors (Lipinski definition) is 2. The Bertz CT molecular complexity index is 1940. The van der Waals surface area contributed by atoms with E-state index >= 15 is 0 Å². The molecule has 196 valence electrons. The Labute approximate surface area is 241 Å². The minimum absolute atomic E-state index is 0.136. The lowest BCUT2D eigenvalue weighted by atomic mass is 9.76. The maximum atomic E-state index is 12.6. The predicted molar refractivity (Wildman–Crippen MR) is 164 cm³/mol. The fourth-order valence-electron chi connectivity index (χ4n) is 5.67. The van der Waals surface area contributed by atoms with Gasteiger partial charge in [0.2, 0.25) is 0 Å². The number of carbonyl (C=O) groups is 2. The molecule has 0 aromatic heterocycles. The number of carbonyl (C=O) groups excluding carboxylic acids is 1. The summed E-state index contributed by atoms with van der Waals surface area (Å²) >= 11 is 12.4. The maximum absolute atomic E-state index is 12.6. The van der Waals surface area contributed by atoms with Gasteiger partial charge in [0.05, 0.1) is 15.6 Å². The van der Waals surface area contributed by atoms with Crippen LogP contribution in [-0.4, -0.2) is 16.9 Å². The first kappa shape index (κ1) is 26.1. The van der Waals surface area contributed by atoms with E-state index in [0.717, 1.165) is 39.3 Å². The second-order valence-electron chi connectivity index (χ2n) is 9.96. The molecule has 3 nitrogen and oxygen atoms in total. The van der Waals surface area contributed by atoms with Gasteiger partial charge in [-0.1, -0.05) is 108 Å². The summed E-state index contributed by atoms with van der Waals surface area (Å²) in [5.74, 6) is -0.528. The van der Waals surface area contributed by atoms with Gasteiger partial charge in [-0.3, -0.25) is 4.79 Å². The largest absolute Gasteiger partial charge is 0.478 e. The highest BCUT2D eigenvalue weighted by Gasteiger charge is 2.29. The van der Waals surface area contributed by atoms with Crippen LogP contribution in [0.25, 0.3) is 32.3 Å². The molecular weight excluding hydrogens is 539 g/mol. The van der Waals surface area contributed by atoms with Gasteiger partial charge in [-0.05, 0) is 74.1 Å². The van der Waals surface area contributed by atoms with Crippen molar-refractivity contribution in [3.63, 3.8) is 0 Å². The summed E-state index contributed by atoms with van der Waals surface area (Å²) in [6.07, 6.45) is 1.34. The van der Waals surface area contributed by atoms with Crippen molar-refractivity contribution in [1.82, 2.24) is 0 Å². The molecule has 7 rings (SSSR count). The van der Waals surface area contributed by atoms with Crippen LogP contribution in [0.15, 0.2) is 109 Å². The third-order valence-electron chi connectivity index (χ3n) is 7.62. The van der Waals surface area contributed by atoms with Crippen LogP contribution < -0.4 is 0 Å². The monoisotopic (exact) mass is 562 g/mol. The van der Waals surface area contributed by atoms with Crippen molar-refractivity contribution in [2.45, 2.75) is 18.8 Å². The topological polar surface area (TPSA) is 54.4 Å². The van der Waals surface area contributed by atoms with Gasteiger partial charge in [-0.25, -0.2) is 4.79 Å². The summed E-state index contributed by atoms with van der Waals surface area (Å²) in [4.78, 5) is 23.3. The molecule has 1 unspecified atom stereocenters. The number of ketones is 1.